The first kappa shape index (κ1) is 16.3. The molecule has 0 saturated carbocycles. The fourth-order valence-electron chi connectivity index (χ4n) is 3.10. The van der Waals surface area contributed by atoms with Gasteiger partial charge in [-0.3, -0.25) is 4.79 Å². The third kappa shape index (κ3) is 3.59. The number of carbonyl (C=O) groups excluding carboxylic acids is 1. The van der Waals surface area contributed by atoms with Gasteiger partial charge < -0.3 is 10.2 Å². The summed E-state index contributed by atoms with van der Waals surface area (Å²) < 4.78 is 1.70. The van der Waals surface area contributed by atoms with Gasteiger partial charge in [-0.15, -0.1) is 0 Å². The molecule has 1 amide bonds. The van der Waals surface area contributed by atoms with Gasteiger partial charge in [0, 0.05) is 32.0 Å². The minimum atomic E-state index is -0.143. The van der Waals surface area contributed by atoms with Crippen LogP contribution in [0.3, 0.4) is 0 Å². The Kier molecular flexibility index (Phi) is 4.64. The third-order valence-electron chi connectivity index (χ3n) is 4.56. The lowest BCUT2D eigenvalue weighted by molar-refractivity contribution is 0.0951. The van der Waals surface area contributed by atoms with E-state index in [4.69, 9.17) is 0 Å². The Bertz CT molecular complexity index is 867. The molecule has 2 aromatic heterocycles. The summed E-state index contributed by atoms with van der Waals surface area (Å²) in [6, 6.07) is 13.8. The molecule has 1 saturated heterocycles. The highest BCUT2D eigenvalue weighted by Gasteiger charge is 2.13. The van der Waals surface area contributed by atoms with Crippen molar-refractivity contribution in [2.24, 2.45) is 0 Å². The van der Waals surface area contributed by atoms with Crippen molar-refractivity contribution in [1.82, 2.24) is 20.1 Å². The maximum atomic E-state index is 12.3. The minimum Gasteiger partial charge on any atom is -0.357 e. The van der Waals surface area contributed by atoms with Gasteiger partial charge in [0.15, 0.2) is 0 Å². The van der Waals surface area contributed by atoms with Crippen LogP contribution >= 0.6 is 0 Å². The van der Waals surface area contributed by atoms with Crippen molar-refractivity contribution in [1.29, 1.82) is 0 Å². The number of hydrogen-bond acceptors (Lipinski definition) is 4. The summed E-state index contributed by atoms with van der Waals surface area (Å²) in [6.07, 6.45) is 7.62. The zero-order valence-electron chi connectivity index (χ0n) is 14.5. The number of amides is 1. The summed E-state index contributed by atoms with van der Waals surface area (Å²) >= 11 is 0. The lowest BCUT2D eigenvalue weighted by atomic mass is 10.2. The first-order chi connectivity index (χ1) is 12.8. The second kappa shape index (κ2) is 7.39. The van der Waals surface area contributed by atoms with Crippen LogP contribution in [0.2, 0.25) is 0 Å². The molecule has 0 aliphatic carbocycles. The molecule has 1 N–H and O–H groups in total. The van der Waals surface area contributed by atoms with E-state index in [-0.39, 0.29) is 5.91 Å². The van der Waals surface area contributed by atoms with Gasteiger partial charge in [0.1, 0.15) is 5.82 Å². The molecular formula is C20H21N5O. The van der Waals surface area contributed by atoms with Crippen LogP contribution in [0.15, 0.2) is 61.1 Å². The largest absolute Gasteiger partial charge is 0.357 e. The van der Waals surface area contributed by atoms with Crippen molar-refractivity contribution in [3.05, 3.63) is 72.2 Å². The summed E-state index contributed by atoms with van der Waals surface area (Å²) in [5.41, 5.74) is 2.44. The molecular weight excluding hydrogens is 326 g/mol. The zero-order valence-corrected chi connectivity index (χ0v) is 14.5. The van der Waals surface area contributed by atoms with E-state index in [2.05, 4.69) is 20.3 Å². The van der Waals surface area contributed by atoms with Crippen LogP contribution in [0.4, 0.5) is 5.82 Å². The van der Waals surface area contributed by atoms with Crippen LogP contribution in [0, 0.1) is 0 Å². The highest BCUT2D eigenvalue weighted by atomic mass is 16.1. The molecule has 1 aromatic carbocycles. The van der Waals surface area contributed by atoms with E-state index in [0.29, 0.717) is 12.1 Å². The standard InChI is InChI=1S/C20H21N5O/c26-20(17-14-23-25(15-17)18-6-2-1-3-7-18)22-13-16-8-9-19(21-12-16)24-10-4-5-11-24/h1-3,6-9,12,14-15H,4-5,10-11,13H2,(H,22,26). The predicted molar refractivity (Wildman–Crippen MR) is 100 cm³/mol. The van der Waals surface area contributed by atoms with Crippen molar-refractivity contribution < 1.29 is 4.79 Å². The van der Waals surface area contributed by atoms with Gasteiger partial charge in [0.25, 0.3) is 5.91 Å². The average Bonchev–Trinajstić information content (AvgIpc) is 3.39. The number of rotatable bonds is 5. The lowest BCUT2D eigenvalue weighted by Gasteiger charge is -2.16. The van der Waals surface area contributed by atoms with E-state index in [1.807, 2.05) is 48.7 Å². The molecule has 1 aliphatic heterocycles. The normalized spacial score (nSPS) is 13.8. The molecule has 6 heteroatoms. The second-order valence-electron chi connectivity index (χ2n) is 6.41. The van der Waals surface area contributed by atoms with Gasteiger partial charge in [-0.05, 0) is 36.6 Å². The van der Waals surface area contributed by atoms with Crippen LogP contribution in [0.5, 0.6) is 0 Å². The van der Waals surface area contributed by atoms with Gasteiger partial charge in [0.05, 0.1) is 17.4 Å². The summed E-state index contributed by atoms with van der Waals surface area (Å²) in [5, 5.41) is 7.18. The number of anilines is 1. The Hall–Kier alpha value is -3.15. The van der Waals surface area contributed by atoms with Crippen molar-refractivity contribution in [3.63, 3.8) is 0 Å². The van der Waals surface area contributed by atoms with E-state index in [9.17, 15) is 4.79 Å². The first-order valence-corrected chi connectivity index (χ1v) is 8.88. The molecule has 1 aliphatic rings. The molecule has 0 spiro atoms. The molecule has 0 atom stereocenters. The zero-order chi connectivity index (χ0) is 17.8. The lowest BCUT2D eigenvalue weighted by Crippen LogP contribution is -2.23. The third-order valence-corrected chi connectivity index (χ3v) is 4.56. The number of hydrogen-bond donors (Lipinski definition) is 1. The number of nitrogens with zero attached hydrogens (tertiary/aromatic N) is 4. The number of pyridine rings is 1. The summed E-state index contributed by atoms with van der Waals surface area (Å²) in [5.74, 6) is 0.873. The average molecular weight is 347 g/mol. The summed E-state index contributed by atoms with van der Waals surface area (Å²) in [7, 11) is 0. The Morgan fingerprint density at radius 2 is 1.85 bits per heavy atom. The first-order valence-electron chi connectivity index (χ1n) is 8.88. The van der Waals surface area contributed by atoms with E-state index >= 15 is 0 Å². The quantitative estimate of drug-likeness (QED) is 0.771. The monoisotopic (exact) mass is 347 g/mol. The number of para-hydroxylation sites is 1. The van der Waals surface area contributed by atoms with Crippen LogP contribution in [-0.4, -0.2) is 33.8 Å². The van der Waals surface area contributed by atoms with Crippen molar-refractivity contribution in [2.75, 3.05) is 18.0 Å². The molecule has 0 bridgehead atoms. The summed E-state index contributed by atoms with van der Waals surface area (Å²) in [6.45, 7) is 2.60. The number of nitrogens with one attached hydrogen (secondary N) is 1. The van der Waals surface area contributed by atoms with Crippen molar-refractivity contribution in [3.8, 4) is 5.69 Å². The molecule has 0 radical (unpaired) electrons. The van der Waals surface area contributed by atoms with Crippen LogP contribution in [0.25, 0.3) is 5.69 Å². The van der Waals surface area contributed by atoms with Gasteiger partial charge in [0.2, 0.25) is 0 Å². The van der Waals surface area contributed by atoms with E-state index < -0.39 is 0 Å². The SMILES string of the molecule is O=C(NCc1ccc(N2CCCC2)nc1)c1cnn(-c2ccccc2)c1. The minimum absolute atomic E-state index is 0.143. The molecule has 26 heavy (non-hydrogen) atoms. The molecule has 3 heterocycles. The van der Waals surface area contributed by atoms with Gasteiger partial charge in [-0.25, -0.2) is 9.67 Å². The number of aromatic nitrogens is 3. The maximum Gasteiger partial charge on any atom is 0.254 e. The maximum absolute atomic E-state index is 12.3. The Morgan fingerprint density at radius 1 is 1.04 bits per heavy atom. The Balaban J connectivity index is 1.36. The summed E-state index contributed by atoms with van der Waals surface area (Å²) in [4.78, 5) is 19.2. The van der Waals surface area contributed by atoms with E-state index in [0.717, 1.165) is 30.2 Å². The smallest absolute Gasteiger partial charge is 0.254 e. The van der Waals surface area contributed by atoms with Crippen LogP contribution in [0.1, 0.15) is 28.8 Å². The Labute approximate surface area is 152 Å². The highest BCUT2D eigenvalue weighted by molar-refractivity contribution is 5.93. The van der Waals surface area contributed by atoms with Gasteiger partial charge >= 0.3 is 0 Å². The van der Waals surface area contributed by atoms with Crippen molar-refractivity contribution >= 4 is 11.7 Å². The molecule has 4 rings (SSSR count). The molecule has 1 fully saturated rings. The second-order valence-corrected chi connectivity index (χ2v) is 6.41. The molecule has 3 aromatic rings. The molecule has 132 valence electrons. The van der Waals surface area contributed by atoms with E-state index in [1.165, 1.54) is 12.8 Å². The van der Waals surface area contributed by atoms with Gasteiger partial charge in [-0.2, -0.15) is 5.10 Å². The molecule has 0 unspecified atom stereocenters. The number of carbonyl (C=O) groups is 1. The predicted octanol–water partition coefficient (Wildman–Crippen LogP) is 2.80. The Morgan fingerprint density at radius 3 is 2.58 bits per heavy atom. The number of benzene rings is 1. The molecule has 6 nitrogen and oxygen atoms in total. The van der Waals surface area contributed by atoms with Crippen molar-refractivity contribution in [2.45, 2.75) is 19.4 Å². The van der Waals surface area contributed by atoms with E-state index in [1.54, 1.807) is 17.1 Å². The topological polar surface area (TPSA) is 63.1 Å². The van der Waals surface area contributed by atoms with Crippen LogP contribution < -0.4 is 10.2 Å². The fraction of sp³-hybridized carbons (Fsp3) is 0.250. The highest BCUT2D eigenvalue weighted by Crippen LogP contribution is 2.17. The van der Waals surface area contributed by atoms with Gasteiger partial charge in [-0.1, -0.05) is 24.3 Å². The van der Waals surface area contributed by atoms with Crippen LogP contribution in [-0.2, 0) is 6.54 Å². The fourth-order valence-corrected chi connectivity index (χ4v) is 3.10.